The number of sulfonamides is 1. The number of hydrogen-bond donors (Lipinski definition) is 5. The van der Waals surface area contributed by atoms with Crippen molar-refractivity contribution in [2.24, 2.45) is 5.73 Å². The summed E-state index contributed by atoms with van der Waals surface area (Å²) < 4.78 is 28.1. The molecule has 1 atom stereocenters. The van der Waals surface area contributed by atoms with E-state index in [-0.39, 0.29) is 31.0 Å². The van der Waals surface area contributed by atoms with Crippen molar-refractivity contribution in [3.05, 3.63) is 105 Å². The van der Waals surface area contributed by atoms with E-state index in [9.17, 15) is 28.1 Å². The monoisotopic (exact) mass is 567 g/mol. The molecular weight excluding hydrogens is 538 g/mol. The SMILES string of the molecule is N=C(N)c1ccc(CNC(=O)CNC(=O)C(CCc2ccncc2)NS(=O)(=O)Cc2ccc([N+](=O)[O-])cc2)cc1. The fraction of sp³-hybridized carbons (Fsp3) is 0.231. The van der Waals surface area contributed by atoms with Gasteiger partial charge in [0.1, 0.15) is 11.9 Å². The van der Waals surface area contributed by atoms with Gasteiger partial charge in [-0.1, -0.05) is 36.4 Å². The quantitative estimate of drug-likeness (QED) is 0.0822. The van der Waals surface area contributed by atoms with E-state index in [1.807, 2.05) is 0 Å². The lowest BCUT2D eigenvalue weighted by Gasteiger charge is -2.19. The Hall–Kier alpha value is -4.69. The lowest BCUT2D eigenvalue weighted by molar-refractivity contribution is -0.384. The lowest BCUT2D eigenvalue weighted by Crippen LogP contribution is -2.49. The van der Waals surface area contributed by atoms with Gasteiger partial charge >= 0.3 is 0 Å². The molecule has 13 nitrogen and oxygen atoms in total. The van der Waals surface area contributed by atoms with Gasteiger partial charge in [0.15, 0.2) is 0 Å². The van der Waals surface area contributed by atoms with Gasteiger partial charge in [-0.15, -0.1) is 0 Å². The van der Waals surface area contributed by atoms with Crippen LogP contribution in [0.25, 0.3) is 0 Å². The van der Waals surface area contributed by atoms with Crippen molar-refractivity contribution in [1.29, 1.82) is 5.41 Å². The number of aryl methyl sites for hydroxylation is 1. The van der Waals surface area contributed by atoms with Crippen molar-refractivity contribution >= 4 is 33.4 Å². The highest BCUT2D eigenvalue weighted by molar-refractivity contribution is 7.88. The number of nitrogens with one attached hydrogen (secondary N) is 4. The zero-order chi connectivity index (χ0) is 29.1. The molecule has 0 aliphatic carbocycles. The van der Waals surface area contributed by atoms with Crippen molar-refractivity contribution in [3.63, 3.8) is 0 Å². The summed E-state index contributed by atoms with van der Waals surface area (Å²) in [5.74, 6) is -1.72. The molecule has 3 rings (SSSR count). The smallest absolute Gasteiger partial charge is 0.269 e. The summed E-state index contributed by atoms with van der Waals surface area (Å²) in [6.07, 6.45) is 3.64. The number of aromatic nitrogens is 1. The molecule has 210 valence electrons. The van der Waals surface area contributed by atoms with Crippen LogP contribution in [-0.4, -0.2) is 48.6 Å². The average Bonchev–Trinajstić information content (AvgIpc) is 2.93. The molecule has 0 aliphatic heterocycles. The highest BCUT2D eigenvalue weighted by Crippen LogP contribution is 2.14. The number of benzene rings is 2. The number of rotatable bonds is 14. The van der Waals surface area contributed by atoms with Crippen LogP contribution < -0.4 is 21.1 Å². The van der Waals surface area contributed by atoms with Crippen molar-refractivity contribution in [1.82, 2.24) is 20.3 Å². The maximum absolute atomic E-state index is 13.0. The van der Waals surface area contributed by atoms with E-state index < -0.39 is 38.6 Å². The van der Waals surface area contributed by atoms with Crippen LogP contribution in [0.4, 0.5) is 5.69 Å². The highest BCUT2D eigenvalue weighted by atomic mass is 32.2. The number of carbonyl (C=O) groups excluding carboxylic acids is 2. The summed E-state index contributed by atoms with van der Waals surface area (Å²) in [5, 5.41) is 23.4. The van der Waals surface area contributed by atoms with Crippen LogP contribution in [0.3, 0.4) is 0 Å². The van der Waals surface area contributed by atoms with E-state index in [4.69, 9.17) is 11.1 Å². The Morgan fingerprint density at radius 2 is 1.57 bits per heavy atom. The Labute approximate surface area is 230 Å². The Balaban J connectivity index is 1.60. The fourth-order valence-electron chi connectivity index (χ4n) is 3.65. The average molecular weight is 568 g/mol. The van der Waals surface area contributed by atoms with Crippen LogP contribution >= 0.6 is 0 Å². The largest absolute Gasteiger partial charge is 0.384 e. The maximum atomic E-state index is 13.0. The summed E-state index contributed by atoms with van der Waals surface area (Å²) in [7, 11) is -4.03. The zero-order valence-corrected chi connectivity index (χ0v) is 22.2. The van der Waals surface area contributed by atoms with Crippen LogP contribution in [-0.2, 0) is 38.3 Å². The summed E-state index contributed by atoms with van der Waals surface area (Å²) in [4.78, 5) is 39.5. The predicted octanol–water partition coefficient (Wildman–Crippen LogP) is 1.13. The van der Waals surface area contributed by atoms with E-state index in [1.165, 1.54) is 24.3 Å². The molecule has 0 saturated heterocycles. The minimum absolute atomic E-state index is 0.0693. The molecule has 0 spiro atoms. The third-order valence-electron chi connectivity index (χ3n) is 5.79. The Kier molecular flexibility index (Phi) is 10.4. The van der Waals surface area contributed by atoms with E-state index in [0.29, 0.717) is 17.5 Å². The molecule has 1 aromatic heterocycles. The van der Waals surface area contributed by atoms with Crippen molar-refractivity contribution < 1.29 is 22.9 Å². The summed E-state index contributed by atoms with van der Waals surface area (Å²) in [5.41, 5.74) is 7.72. The first-order valence-electron chi connectivity index (χ1n) is 12.1. The van der Waals surface area contributed by atoms with Gasteiger partial charge in [0.2, 0.25) is 21.8 Å². The molecule has 40 heavy (non-hydrogen) atoms. The minimum atomic E-state index is -4.03. The standard InChI is InChI=1S/C26H29N7O6S/c27-25(28)21-6-1-19(2-7-21)15-30-24(34)16-31-26(35)23(10-5-18-11-13-29-14-12-18)32-40(38,39)17-20-3-8-22(9-4-20)33(36)37/h1-4,6-9,11-14,23,32H,5,10,15-17H2,(H3,27,28)(H,30,34)(H,31,35). The molecule has 14 heteroatoms. The van der Waals surface area contributed by atoms with Crippen molar-refractivity contribution in [2.45, 2.75) is 31.2 Å². The second kappa shape index (κ2) is 13.9. The number of amides is 2. The van der Waals surface area contributed by atoms with Gasteiger partial charge in [0.25, 0.3) is 5.69 Å². The molecule has 0 radical (unpaired) electrons. The van der Waals surface area contributed by atoms with Gasteiger partial charge < -0.3 is 16.4 Å². The molecule has 0 aliphatic rings. The third kappa shape index (κ3) is 9.56. The third-order valence-corrected chi connectivity index (χ3v) is 7.15. The van der Waals surface area contributed by atoms with Crippen molar-refractivity contribution in [3.8, 4) is 0 Å². The first-order chi connectivity index (χ1) is 19.0. The number of nitrogens with zero attached hydrogens (tertiary/aromatic N) is 2. The molecule has 2 amide bonds. The normalized spacial score (nSPS) is 11.8. The number of hydrogen-bond acceptors (Lipinski definition) is 8. The Bertz CT molecular complexity index is 1450. The minimum Gasteiger partial charge on any atom is -0.384 e. The first kappa shape index (κ1) is 29.9. The summed E-state index contributed by atoms with van der Waals surface area (Å²) in [6.45, 7) is -0.194. The number of nitro benzene ring substituents is 1. The second-order valence-electron chi connectivity index (χ2n) is 8.85. The molecular formula is C26H29N7O6S. The van der Waals surface area contributed by atoms with Crippen LogP contribution in [0, 0.1) is 15.5 Å². The van der Waals surface area contributed by atoms with Gasteiger partial charge in [0.05, 0.1) is 17.2 Å². The number of carbonyl (C=O) groups is 2. The van der Waals surface area contributed by atoms with Gasteiger partial charge in [-0.3, -0.25) is 30.1 Å². The Morgan fingerprint density at radius 3 is 2.17 bits per heavy atom. The van der Waals surface area contributed by atoms with E-state index >= 15 is 0 Å². The molecule has 0 saturated carbocycles. The predicted molar refractivity (Wildman–Crippen MR) is 148 cm³/mol. The fourth-order valence-corrected chi connectivity index (χ4v) is 5.02. The van der Waals surface area contributed by atoms with Crippen molar-refractivity contribution in [2.75, 3.05) is 6.54 Å². The van der Waals surface area contributed by atoms with E-state index in [1.54, 1.807) is 48.8 Å². The number of non-ortho nitro benzene ring substituents is 1. The summed E-state index contributed by atoms with van der Waals surface area (Å²) in [6, 6.07) is 14.1. The second-order valence-corrected chi connectivity index (χ2v) is 10.6. The van der Waals surface area contributed by atoms with Gasteiger partial charge in [0, 0.05) is 36.6 Å². The molecule has 2 aromatic carbocycles. The van der Waals surface area contributed by atoms with Crippen LogP contribution in [0.1, 0.15) is 28.7 Å². The molecule has 0 bridgehead atoms. The number of nitrogen functional groups attached to an aromatic ring is 1. The molecule has 0 fully saturated rings. The number of nitro groups is 1. The Morgan fingerprint density at radius 1 is 0.950 bits per heavy atom. The van der Waals surface area contributed by atoms with E-state index in [0.717, 1.165) is 11.1 Å². The van der Waals surface area contributed by atoms with Gasteiger partial charge in [-0.05, 0) is 41.7 Å². The molecule has 1 unspecified atom stereocenters. The van der Waals surface area contributed by atoms with Gasteiger partial charge in [-0.2, -0.15) is 0 Å². The zero-order valence-electron chi connectivity index (χ0n) is 21.4. The highest BCUT2D eigenvalue weighted by Gasteiger charge is 2.25. The number of nitrogens with two attached hydrogens (primary N) is 1. The molecule has 6 N–H and O–H groups in total. The molecule has 3 aromatic rings. The maximum Gasteiger partial charge on any atom is 0.269 e. The van der Waals surface area contributed by atoms with Crippen LogP contribution in [0.15, 0.2) is 73.1 Å². The van der Waals surface area contributed by atoms with Crippen LogP contribution in [0.2, 0.25) is 0 Å². The molecule has 1 heterocycles. The van der Waals surface area contributed by atoms with Crippen LogP contribution in [0.5, 0.6) is 0 Å². The topological polar surface area (TPSA) is 210 Å². The van der Waals surface area contributed by atoms with Gasteiger partial charge in [-0.25, -0.2) is 13.1 Å². The lowest BCUT2D eigenvalue weighted by atomic mass is 10.1. The number of amidine groups is 1. The van der Waals surface area contributed by atoms with E-state index in [2.05, 4.69) is 20.3 Å². The summed E-state index contributed by atoms with van der Waals surface area (Å²) >= 11 is 0. The number of pyridine rings is 1. The first-order valence-corrected chi connectivity index (χ1v) is 13.8.